The number of nitrogens with zero attached hydrogens (tertiary/aromatic N) is 4. The highest BCUT2D eigenvalue weighted by molar-refractivity contribution is 6.32. The summed E-state index contributed by atoms with van der Waals surface area (Å²) in [6, 6.07) is 15.2. The van der Waals surface area contributed by atoms with E-state index in [2.05, 4.69) is 5.32 Å². The number of carbonyl (C=O) groups is 3. The Hall–Kier alpha value is -4.34. The number of aromatic nitrogens is 2. The van der Waals surface area contributed by atoms with E-state index in [0.29, 0.717) is 55.4 Å². The van der Waals surface area contributed by atoms with Crippen molar-refractivity contribution in [1.82, 2.24) is 14.5 Å². The quantitative estimate of drug-likeness (QED) is 0.283. The van der Waals surface area contributed by atoms with E-state index in [0.717, 1.165) is 5.56 Å². The SMILES string of the molecule is COc1ccc(C(=O)N(C)C)cc1-c1nc2c(n1C(C)C)[C@@]1(C(=O)Nc3cc(Cl)ccc31)N(c1cc(Cl)ccc1C)C2=O. The average molecular weight is 619 g/mol. The van der Waals surface area contributed by atoms with Crippen molar-refractivity contribution in [2.24, 2.45) is 0 Å². The van der Waals surface area contributed by atoms with Gasteiger partial charge in [0, 0.05) is 47.0 Å². The average Bonchev–Trinajstić information content (AvgIpc) is 3.57. The molecular weight excluding hydrogens is 589 g/mol. The van der Waals surface area contributed by atoms with Crippen LogP contribution < -0.4 is 15.0 Å². The molecule has 0 saturated carbocycles. The van der Waals surface area contributed by atoms with Crippen molar-refractivity contribution in [3.63, 3.8) is 0 Å². The maximum atomic E-state index is 14.6. The molecular formula is C32H29Cl2N5O4. The van der Waals surface area contributed by atoms with Crippen LogP contribution in [-0.2, 0) is 10.3 Å². The number of ether oxygens (including phenoxy) is 1. The van der Waals surface area contributed by atoms with Crippen molar-refractivity contribution >= 4 is 52.3 Å². The van der Waals surface area contributed by atoms with Gasteiger partial charge in [0.25, 0.3) is 17.7 Å². The highest BCUT2D eigenvalue weighted by Crippen LogP contribution is 2.55. The standard InChI is InChI=1S/C32H29Cl2N5O4/c1-16(2)38-27-26(36-28(38)21-13-18(29(40)37(4)5)8-12-25(21)43-6)30(41)39(24-15-20(34)9-7-17(24)3)32(27)22-11-10-19(33)14-23(22)35-31(32)42/h7-16H,1-6H3,(H,35,42)/t32-/m0/s1. The van der Waals surface area contributed by atoms with Crippen LogP contribution in [0.5, 0.6) is 5.75 Å². The fourth-order valence-corrected chi connectivity index (χ4v) is 6.44. The largest absolute Gasteiger partial charge is 0.496 e. The number of methoxy groups -OCH3 is 1. The van der Waals surface area contributed by atoms with Gasteiger partial charge in [0.1, 0.15) is 11.6 Å². The number of hydrogen-bond acceptors (Lipinski definition) is 5. The van der Waals surface area contributed by atoms with E-state index in [1.165, 1.54) is 16.9 Å². The van der Waals surface area contributed by atoms with Gasteiger partial charge in [0.05, 0.1) is 24.1 Å². The third-order valence-electron chi connectivity index (χ3n) is 7.97. The van der Waals surface area contributed by atoms with Crippen LogP contribution in [0.4, 0.5) is 11.4 Å². The Balaban J connectivity index is 1.72. The fraction of sp³-hybridized carbons (Fsp3) is 0.250. The second-order valence-electron chi connectivity index (χ2n) is 11.1. The number of anilines is 2. The molecule has 0 bridgehead atoms. The number of carbonyl (C=O) groups excluding carboxylic acids is 3. The minimum atomic E-state index is -1.62. The van der Waals surface area contributed by atoms with E-state index in [1.807, 2.05) is 31.4 Å². The molecule has 3 heterocycles. The van der Waals surface area contributed by atoms with Crippen molar-refractivity contribution in [3.05, 3.63) is 92.7 Å². The molecule has 9 nitrogen and oxygen atoms in total. The molecule has 0 radical (unpaired) electrons. The first kappa shape index (κ1) is 28.8. The van der Waals surface area contributed by atoms with Gasteiger partial charge in [-0.05, 0) is 68.8 Å². The third-order valence-corrected chi connectivity index (χ3v) is 8.44. The Morgan fingerprint density at radius 3 is 2.40 bits per heavy atom. The van der Waals surface area contributed by atoms with Crippen LogP contribution in [0.15, 0.2) is 54.6 Å². The Bertz CT molecular complexity index is 1860. The van der Waals surface area contributed by atoms with Crippen molar-refractivity contribution in [2.75, 3.05) is 31.4 Å². The van der Waals surface area contributed by atoms with E-state index in [-0.39, 0.29) is 17.6 Å². The number of rotatable bonds is 5. The molecule has 220 valence electrons. The zero-order valence-corrected chi connectivity index (χ0v) is 26.0. The number of hydrogen-bond donors (Lipinski definition) is 1. The first-order chi connectivity index (χ1) is 20.4. The van der Waals surface area contributed by atoms with Crippen LogP contribution in [0.2, 0.25) is 10.0 Å². The fourth-order valence-electron chi connectivity index (χ4n) is 6.10. The van der Waals surface area contributed by atoms with Gasteiger partial charge in [-0.2, -0.15) is 0 Å². The number of aryl methyl sites for hydroxylation is 1. The second kappa shape index (κ2) is 10.1. The molecule has 1 atom stereocenters. The summed E-state index contributed by atoms with van der Waals surface area (Å²) in [7, 11) is 4.88. The van der Waals surface area contributed by atoms with E-state index >= 15 is 0 Å². The molecule has 0 saturated heterocycles. The van der Waals surface area contributed by atoms with Crippen LogP contribution in [-0.4, -0.2) is 53.4 Å². The maximum absolute atomic E-state index is 14.6. The Morgan fingerprint density at radius 2 is 1.72 bits per heavy atom. The highest BCUT2D eigenvalue weighted by Gasteiger charge is 2.64. The minimum Gasteiger partial charge on any atom is -0.496 e. The first-order valence-corrected chi connectivity index (χ1v) is 14.4. The molecule has 3 aromatic carbocycles. The van der Waals surface area contributed by atoms with Crippen molar-refractivity contribution in [1.29, 1.82) is 0 Å². The summed E-state index contributed by atoms with van der Waals surface area (Å²) in [5, 5.41) is 3.83. The molecule has 43 heavy (non-hydrogen) atoms. The molecule has 2 aliphatic rings. The van der Waals surface area contributed by atoms with Gasteiger partial charge >= 0.3 is 0 Å². The monoisotopic (exact) mass is 617 g/mol. The maximum Gasteiger partial charge on any atom is 0.280 e. The number of benzene rings is 3. The van der Waals surface area contributed by atoms with Crippen molar-refractivity contribution in [2.45, 2.75) is 32.4 Å². The molecule has 1 N–H and O–H groups in total. The minimum absolute atomic E-state index is 0.118. The smallest absolute Gasteiger partial charge is 0.280 e. The van der Waals surface area contributed by atoms with Crippen LogP contribution in [0, 0.1) is 6.92 Å². The molecule has 0 fully saturated rings. The Morgan fingerprint density at radius 1 is 1.02 bits per heavy atom. The Labute approximate surface area is 259 Å². The summed E-state index contributed by atoms with van der Waals surface area (Å²) < 4.78 is 7.59. The summed E-state index contributed by atoms with van der Waals surface area (Å²) in [6.45, 7) is 5.76. The highest BCUT2D eigenvalue weighted by atomic mass is 35.5. The predicted molar refractivity (Wildman–Crippen MR) is 166 cm³/mol. The van der Waals surface area contributed by atoms with E-state index < -0.39 is 17.4 Å². The molecule has 1 spiro atoms. The van der Waals surface area contributed by atoms with Crippen LogP contribution in [0.3, 0.4) is 0 Å². The molecule has 4 aromatic rings. The van der Waals surface area contributed by atoms with Gasteiger partial charge in [-0.25, -0.2) is 4.98 Å². The van der Waals surface area contributed by atoms with Gasteiger partial charge in [0.2, 0.25) is 0 Å². The molecule has 0 aliphatic carbocycles. The lowest BCUT2D eigenvalue weighted by molar-refractivity contribution is -0.119. The molecule has 2 aliphatic heterocycles. The number of halogens is 2. The number of imidazole rings is 1. The zero-order valence-electron chi connectivity index (χ0n) is 24.5. The zero-order chi connectivity index (χ0) is 31.0. The van der Waals surface area contributed by atoms with Gasteiger partial charge in [-0.3, -0.25) is 19.3 Å². The number of fused-ring (bicyclic) bond motifs is 4. The topological polar surface area (TPSA) is 96.8 Å². The lowest BCUT2D eigenvalue weighted by Crippen LogP contribution is -2.51. The summed E-state index contributed by atoms with van der Waals surface area (Å²) in [6.07, 6.45) is 0. The number of nitrogens with one attached hydrogen (secondary N) is 1. The van der Waals surface area contributed by atoms with E-state index in [4.69, 9.17) is 32.9 Å². The molecule has 11 heteroatoms. The summed E-state index contributed by atoms with van der Waals surface area (Å²) in [5.41, 5.74) is 2.15. The van der Waals surface area contributed by atoms with Gasteiger partial charge < -0.3 is 19.5 Å². The van der Waals surface area contributed by atoms with Crippen molar-refractivity contribution in [3.8, 4) is 17.1 Å². The Kier molecular flexibility index (Phi) is 6.78. The van der Waals surface area contributed by atoms with Crippen LogP contribution >= 0.6 is 23.2 Å². The number of amides is 3. The second-order valence-corrected chi connectivity index (χ2v) is 12.0. The lowest BCUT2D eigenvalue weighted by atomic mass is 9.86. The van der Waals surface area contributed by atoms with Crippen LogP contribution in [0.1, 0.15) is 57.6 Å². The normalized spacial score (nSPS) is 17.0. The first-order valence-electron chi connectivity index (χ1n) is 13.7. The van der Waals surface area contributed by atoms with Gasteiger partial charge in [-0.15, -0.1) is 0 Å². The van der Waals surface area contributed by atoms with E-state index in [9.17, 15) is 14.4 Å². The van der Waals surface area contributed by atoms with Gasteiger partial charge in [0.15, 0.2) is 11.2 Å². The predicted octanol–water partition coefficient (Wildman–Crippen LogP) is 6.31. The van der Waals surface area contributed by atoms with Gasteiger partial charge in [-0.1, -0.05) is 35.3 Å². The van der Waals surface area contributed by atoms with Crippen LogP contribution in [0.25, 0.3) is 11.4 Å². The summed E-state index contributed by atoms with van der Waals surface area (Å²) >= 11 is 12.8. The third kappa shape index (κ3) is 4.06. The summed E-state index contributed by atoms with van der Waals surface area (Å²) in [5.74, 6) is -0.217. The van der Waals surface area contributed by atoms with E-state index in [1.54, 1.807) is 62.6 Å². The molecule has 0 unspecified atom stereocenters. The van der Waals surface area contributed by atoms with Crippen molar-refractivity contribution < 1.29 is 19.1 Å². The molecule has 6 rings (SSSR count). The molecule has 3 amide bonds. The summed E-state index contributed by atoms with van der Waals surface area (Å²) in [4.78, 5) is 49.8. The lowest BCUT2D eigenvalue weighted by Gasteiger charge is -2.36. The molecule has 1 aromatic heterocycles.